The molecule has 0 bridgehead atoms. The number of unbranched alkanes of at least 4 members (excludes halogenated alkanes) is 5. The first-order chi connectivity index (χ1) is 55.3. The normalized spacial score (nSPS) is 23.6. The van der Waals surface area contributed by atoms with Crippen molar-refractivity contribution < 1.29 is 38.1 Å². The zero-order valence-corrected chi connectivity index (χ0v) is 71.9. The van der Waals surface area contributed by atoms with E-state index in [1.54, 1.807) is 0 Å². The highest BCUT2D eigenvalue weighted by Gasteiger charge is 2.30. The first kappa shape index (κ1) is 90.1. The summed E-state index contributed by atoms with van der Waals surface area (Å²) in [5.41, 5.74) is 10.8. The second-order valence-electron chi connectivity index (χ2n) is 35.5. The van der Waals surface area contributed by atoms with E-state index >= 15 is 0 Å². The summed E-state index contributed by atoms with van der Waals surface area (Å²) in [6.07, 6.45) is 57.7. The molecule has 0 atom stereocenters. The number of rotatable bonds is 33. The van der Waals surface area contributed by atoms with E-state index < -0.39 is 0 Å². The molecule has 113 heavy (non-hydrogen) atoms. The van der Waals surface area contributed by atoms with E-state index in [4.69, 9.17) is 18.9 Å². The number of benzene rings is 6. The smallest absolute Gasteiger partial charge is 0.343 e. The molecule has 6 aromatic rings. The summed E-state index contributed by atoms with van der Waals surface area (Å²) in [6.45, 7) is 18.0. The Bertz CT molecular complexity index is 3560. The molecule has 0 spiro atoms. The zero-order valence-electron chi connectivity index (χ0n) is 71.9. The molecule has 0 heterocycles. The van der Waals surface area contributed by atoms with Gasteiger partial charge in [0.1, 0.15) is 23.7 Å². The highest BCUT2D eigenvalue weighted by molar-refractivity contribution is 5.92. The third kappa shape index (κ3) is 31.0. The number of aryl methyl sites for hydroxylation is 2. The predicted octanol–water partition coefficient (Wildman–Crippen LogP) is 30.4. The maximum absolute atomic E-state index is 12.6. The summed E-state index contributed by atoms with van der Waals surface area (Å²) in [7, 11) is 0. The fourth-order valence-electron chi connectivity index (χ4n) is 19.7. The van der Waals surface area contributed by atoms with Crippen LogP contribution in [0.3, 0.4) is 0 Å². The highest BCUT2D eigenvalue weighted by Crippen LogP contribution is 2.43. The van der Waals surface area contributed by atoms with Crippen LogP contribution in [0.2, 0.25) is 0 Å². The van der Waals surface area contributed by atoms with Crippen molar-refractivity contribution in [1.29, 1.82) is 0 Å². The van der Waals surface area contributed by atoms with Crippen molar-refractivity contribution in [3.63, 3.8) is 0 Å². The minimum absolute atomic E-state index is 0.124. The lowest BCUT2D eigenvalue weighted by atomic mass is 9.77. The molecule has 618 valence electrons. The Balaban J connectivity index is 0.000000173. The molecule has 0 amide bonds. The summed E-state index contributed by atoms with van der Waals surface area (Å²) < 4.78 is 22.7. The zero-order chi connectivity index (χ0) is 79.8. The Labute approximate surface area is 686 Å². The van der Waals surface area contributed by atoms with Crippen molar-refractivity contribution in [2.45, 2.75) is 380 Å². The fourth-order valence-corrected chi connectivity index (χ4v) is 19.7. The highest BCUT2D eigenvalue weighted by atomic mass is 16.6. The van der Waals surface area contributed by atoms with E-state index in [-0.39, 0.29) is 36.1 Å². The summed E-state index contributed by atoms with van der Waals surface area (Å²) in [5.74, 6) is 8.47. The lowest BCUT2D eigenvalue weighted by Gasteiger charge is -2.29. The van der Waals surface area contributed by atoms with Gasteiger partial charge in [-0.25, -0.2) is 19.2 Å². The van der Waals surface area contributed by atoms with Crippen molar-refractivity contribution >= 4 is 23.9 Å². The number of carbonyl (C=O) groups is 4. The summed E-state index contributed by atoms with van der Waals surface area (Å²) in [5, 5.41) is 0. The molecule has 0 aliphatic heterocycles. The summed E-state index contributed by atoms with van der Waals surface area (Å²) >= 11 is 0. The van der Waals surface area contributed by atoms with Crippen LogP contribution in [0.4, 0.5) is 0 Å². The molecule has 6 saturated carbocycles. The van der Waals surface area contributed by atoms with Crippen LogP contribution in [-0.4, -0.2) is 36.1 Å². The molecule has 0 unspecified atom stereocenters. The Morgan fingerprint density at radius 1 is 0.239 bits per heavy atom. The SMILES string of the molecule is CCCCC1CCC(OC(=O)c2ccc(C3CCC(CCC)CC3)cc2)CC1.CCCCCC1CCC(OC(=O)c2ccc(C3CCC(CCC)CC3)cc2)CC1.CCCCCC1CCC(c2ccc(C(=O)Oc3ccc(CCC)cc3)cc2)CC1.CCCc1ccc(OC(=O)c2ccc(C3CCC(CCC)CC3)cc2)cc1. The van der Waals surface area contributed by atoms with E-state index in [0.717, 1.165) is 98.0 Å². The lowest BCUT2D eigenvalue weighted by molar-refractivity contribution is 0.0152. The number of esters is 4. The summed E-state index contributed by atoms with van der Waals surface area (Å²) in [6, 6.07) is 48.5. The van der Waals surface area contributed by atoms with Crippen LogP contribution in [0.5, 0.6) is 11.5 Å². The van der Waals surface area contributed by atoms with E-state index in [1.165, 1.54) is 271 Å². The van der Waals surface area contributed by atoms with Crippen molar-refractivity contribution in [3.05, 3.63) is 201 Å². The number of carbonyl (C=O) groups excluding carboxylic acids is 4. The maximum atomic E-state index is 12.6. The van der Waals surface area contributed by atoms with Crippen LogP contribution >= 0.6 is 0 Å². The number of hydrogen-bond acceptors (Lipinski definition) is 8. The van der Waals surface area contributed by atoms with Gasteiger partial charge in [-0.05, 0) is 332 Å². The molecule has 6 fully saturated rings. The van der Waals surface area contributed by atoms with Gasteiger partial charge >= 0.3 is 23.9 Å². The van der Waals surface area contributed by atoms with Crippen LogP contribution in [0, 0.1) is 35.5 Å². The van der Waals surface area contributed by atoms with Gasteiger partial charge < -0.3 is 18.9 Å². The van der Waals surface area contributed by atoms with Gasteiger partial charge in [0.2, 0.25) is 0 Å². The third-order valence-corrected chi connectivity index (χ3v) is 26.8. The Hall–Kier alpha value is -6.80. The quantitative estimate of drug-likeness (QED) is 0.0228. The number of hydrogen-bond donors (Lipinski definition) is 0. The average molecular weight is 1540 g/mol. The van der Waals surface area contributed by atoms with E-state index in [1.807, 2.05) is 97.1 Å². The van der Waals surface area contributed by atoms with E-state index in [0.29, 0.717) is 46.3 Å². The fraction of sp³-hybridized carbons (Fsp3) is 0.619. The average Bonchev–Trinajstić information content (AvgIpc) is 0.855. The predicted molar refractivity (Wildman–Crippen MR) is 470 cm³/mol. The van der Waals surface area contributed by atoms with Crippen molar-refractivity contribution in [2.24, 2.45) is 35.5 Å². The van der Waals surface area contributed by atoms with E-state index in [9.17, 15) is 19.2 Å². The molecule has 0 aromatic heterocycles. The summed E-state index contributed by atoms with van der Waals surface area (Å²) in [4.78, 5) is 50.0. The van der Waals surface area contributed by atoms with Gasteiger partial charge in [-0.15, -0.1) is 0 Å². The van der Waals surface area contributed by atoms with Gasteiger partial charge in [0.05, 0.1) is 22.3 Å². The number of ether oxygens (including phenoxy) is 4. The molecule has 0 radical (unpaired) electrons. The first-order valence-corrected chi connectivity index (χ1v) is 46.7. The second-order valence-corrected chi connectivity index (χ2v) is 35.5. The van der Waals surface area contributed by atoms with Crippen molar-refractivity contribution in [1.82, 2.24) is 0 Å². The van der Waals surface area contributed by atoms with Gasteiger partial charge in [-0.2, -0.15) is 0 Å². The van der Waals surface area contributed by atoms with Crippen LogP contribution in [-0.2, 0) is 22.3 Å². The minimum atomic E-state index is -0.281. The van der Waals surface area contributed by atoms with Crippen LogP contribution in [0.15, 0.2) is 146 Å². The van der Waals surface area contributed by atoms with Crippen LogP contribution < -0.4 is 9.47 Å². The molecule has 6 aliphatic rings. The van der Waals surface area contributed by atoms with Gasteiger partial charge in [0.25, 0.3) is 0 Å². The van der Waals surface area contributed by atoms with Crippen LogP contribution in [0.1, 0.15) is 430 Å². The van der Waals surface area contributed by atoms with Crippen molar-refractivity contribution in [2.75, 3.05) is 0 Å². The van der Waals surface area contributed by atoms with Crippen LogP contribution in [0.25, 0.3) is 0 Å². The third-order valence-electron chi connectivity index (χ3n) is 26.8. The molecule has 8 heteroatoms. The van der Waals surface area contributed by atoms with Gasteiger partial charge in [-0.3, -0.25) is 0 Å². The Morgan fingerprint density at radius 3 is 0.726 bits per heavy atom. The standard InChI is InChI=1S/C27H36O2.C27H42O2.C26H40O2.C25H32O2/c1-3-5-6-8-22-9-13-23(14-10-22)24-15-17-25(18-16-24)27(28)29-26-19-11-21(7-4-2)12-20-26;1-3-5-6-8-22-11-19-26(20-12-22)29-27(28)25-17-15-24(16-18-25)23-13-9-21(7-4-2)10-14-23;1-3-5-7-21-10-18-25(19-11-21)28-26(27)24-16-14-23(15-17-24)22-12-8-20(6-4-2)9-13-22;1-3-5-19-7-11-21(12-8-19)22-13-15-23(16-14-22)25(26)27-24-17-9-20(6-4-2)10-18-24/h11-12,15-20,22-23H,3-10,13-14H2,1-2H3;15-18,21-23,26H,3-14,19-20H2,1-2H3;14-17,20-22,25H,3-13,18-19H2,1-2H3;9-10,13-19,21H,3-8,11-12H2,1-2H3. The van der Waals surface area contributed by atoms with Gasteiger partial charge in [-0.1, -0.05) is 250 Å². The van der Waals surface area contributed by atoms with Gasteiger partial charge in [0.15, 0.2) is 0 Å². The topological polar surface area (TPSA) is 105 Å². The Kier molecular flexibility index (Phi) is 40.4. The minimum Gasteiger partial charge on any atom is -0.459 e. The Morgan fingerprint density at radius 2 is 0.478 bits per heavy atom. The molecular formula is C105H150O8. The maximum Gasteiger partial charge on any atom is 0.343 e. The molecule has 6 aliphatic carbocycles. The van der Waals surface area contributed by atoms with Gasteiger partial charge in [0, 0.05) is 0 Å². The molecule has 0 saturated heterocycles. The van der Waals surface area contributed by atoms with Crippen molar-refractivity contribution in [3.8, 4) is 11.5 Å². The molecule has 6 aromatic carbocycles. The monoisotopic (exact) mass is 1540 g/mol. The molecule has 8 nitrogen and oxygen atoms in total. The largest absolute Gasteiger partial charge is 0.459 e. The molecule has 12 rings (SSSR count). The second kappa shape index (κ2) is 50.6. The molecular weight excluding hydrogens is 1390 g/mol. The first-order valence-electron chi connectivity index (χ1n) is 46.7. The lowest BCUT2D eigenvalue weighted by Crippen LogP contribution is -2.24. The molecule has 0 N–H and O–H groups in total. The van der Waals surface area contributed by atoms with E-state index in [2.05, 4.69) is 104 Å².